The molecule has 0 fully saturated rings. The molecule has 1 aliphatic heterocycles. The van der Waals surface area contributed by atoms with Gasteiger partial charge in [-0.2, -0.15) is 0 Å². The molecule has 0 saturated carbocycles. The van der Waals surface area contributed by atoms with Crippen molar-refractivity contribution in [2.45, 2.75) is 6.42 Å². The van der Waals surface area contributed by atoms with E-state index in [2.05, 4.69) is 4.99 Å². The lowest BCUT2D eigenvalue weighted by atomic mass is 10.1. The Balaban J connectivity index is 1.88. The second-order valence-corrected chi connectivity index (χ2v) is 5.41. The Morgan fingerprint density at radius 3 is 2.74 bits per heavy atom. The summed E-state index contributed by atoms with van der Waals surface area (Å²) in [5.41, 5.74) is 1.94. The van der Waals surface area contributed by atoms with E-state index in [4.69, 9.17) is 21.1 Å². The Labute approximate surface area is 139 Å². The molecule has 0 aliphatic carbocycles. The van der Waals surface area contributed by atoms with Crippen molar-refractivity contribution >= 4 is 29.5 Å². The molecule has 3 rings (SSSR count). The van der Waals surface area contributed by atoms with Crippen molar-refractivity contribution in [1.82, 2.24) is 0 Å². The second kappa shape index (κ2) is 6.67. The van der Waals surface area contributed by atoms with Gasteiger partial charge >= 0.3 is 5.97 Å². The van der Waals surface area contributed by atoms with E-state index in [0.29, 0.717) is 28.7 Å². The summed E-state index contributed by atoms with van der Waals surface area (Å²) < 4.78 is 10.5. The van der Waals surface area contributed by atoms with Crippen LogP contribution < -0.4 is 4.74 Å². The maximum Gasteiger partial charge on any atom is 0.363 e. The summed E-state index contributed by atoms with van der Waals surface area (Å²) in [6.45, 7) is 0. The lowest BCUT2D eigenvalue weighted by Crippen LogP contribution is -2.06. The zero-order valence-corrected chi connectivity index (χ0v) is 13.2. The van der Waals surface area contributed by atoms with Gasteiger partial charge in [0.2, 0.25) is 5.90 Å². The lowest BCUT2D eigenvalue weighted by molar-refractivity contribution is -0.130. The van der Waals surface area contributed by atoms with E-state index >= 15 is 0 Å². The second-order valence-electron chi connectivity index (χ2n) is 4.97. The Kier molecular flexibility index (Phi) is 4.44. The fourth-order valence-corrected chi connectivity index (χ4v) is 2.45. The monoisotopic (exact) mass is 327 g/mol. The van der Waals surface area contributed by atoms with Crippen LogP contribution in [-0.2, 0) is 16.0 Å². The average molecular weight is 328 g/mol. The topological polar surface area (TPSA) is 47.9 Å². The number of hydrogen-bond acceptors (Lipinski definition) is 4. The van der Waals surface area contributed by atoms with Crippen LogP contribution in [0.1, 0.15) is 11.1 Å². The first-order chi connectivity index (χ1) is 11.2. The summed E-state index contributed by atoms with van der Waals surface area (Å²) in [5.74, 6) is 0.521. The first-order valence-corrected chi connectivity index (χ1v) is 7.42. The maximum absolute atomic E-state index is 12.0. The number of methoxy groups -OCH3 is 1. The van der Waals surface area contributed by atoms with Crippen LogP contribution in [0.2, 0.25) is 5.02 Å². The van der Waals surface area contributed by atoms with Crippen LogP contribution in [0.5, 0.6) is 5.75 Å². The van der Waals surface area contributed by atoms with Gasteiger partial charge in [0.05, 0.1) is 7.11 Å². The molecular formula is C18H14ClNO3. The average Bonchev–Trinajstić information content (AvgIpc) is 2.88. The molecule has 23 heavy (non-hydrogen) atoms. The van der Waals surface area contributed by atoms with Crippen LogP contribution in [0.3, 0.4) is 0 Å². The maximum atomic E-state index is 12.0. The van der Waals surface area contributed by atoms with Crippen LogP contribution in [-0.4, -0.2) is 19.0 Å². The van der Waals surface area contributed by atoms with Gasteiger partial charge in [0, 0.05) is 17.0 Å². The smallest absolute Gasteiger partial charge is 0.363 e. The number of rotatable bonds is 4. The summed E-state index contributed by atoms with van der Waals surface area (Å²) in [5, 5.41) is 0.553. The third kappa shape index (κ3) is 3.60. The number of carbonyl (C=O) groups is 1. The van der Waals surface area contributed by atoms with E-state index in [9.17, 15) is 4.79 Å². The lowest BCUT2D eigenvalue weighted by Gasteiger charge is -2.04. The highest BCUT2D eigenvalue weighted by molar-refractivity contribution is 6.30. The Hall–Kier alpha value is -2.59. The van der Waals surface area contributed by atoms with Gasteiger partial charge in [-0.3, -0.25) is 0 Å². The summed E-state index contributed by atoms with van der Waals surface area (Å²) >= 11 is 5.99. The number of cyclic esters (lactones) is 1. The standard InChI is InChI=1S/C18H14ClNO3/c1-22-16-8-7-14(19)10-13(16)11-15-18(21)23-17(20-15)9-12-5-3-2-4-6-12/h2-8,10-11H,9H2,1H3/b15-11+. The third-order valence-corrected chi connectivity index (χ3v) is 3.58. The number of carbonyl (C=O) groups excluding carboxylic acids is 1. The third-order valence-electron chi connectivity index (χ3n) is 3.35. The molecule has 0 radical (unpaired) electrons. The number of benzene rings is 2. The van der Waals surface area contributed by atoms with Gasteiger partial charge in [0.1, 0.15) is 5.75 Å². The summed E-state index contributed by atoms with van der Waals surface area (Å²) in [7, 11) is 1.56. The molecule has 0 bridgehead atoms. The molecule has 0 aromatic heterocycles. The minimum atomic E-state index is -0.474. The Morgan fingerprint density at radius 1 is 1.22 bits per heavy atom. The predicted octanol–water partition coefficient (Wildman–Crippen LogP) is 3.89. The highest BCUT2D eigenvalue weighted by atomic mass is 35.5. The molecule has 2 aromatic carbocycles. The van der Waals surface area contributed by atoms with E-state index in [1.54, 1.807) is 31.4 Å². The molecule has 0 saturated heterocycles. The van der Waals surface area contributed by atoms with Crippen LogP contribution >= 0.6 is 11.6 Å². The predicted molar refractivity (Wildman–Crippen MR) is 89.7 cm³/mol. The number of halogens is 1. The molecule has 1 heterocycles. The van der Waals surface area contributed by atoms with Crippen molar-refractivity contribution < 1.29 is 14.3 Å². The first-order valence-electron chi connectivity index (χ1n) is 7.04. The number of hydrogen-bond donors (Lipinski definition) is 0. The molecule has 2 aromatic rings. The molecule has 1 aliphatic rings. The van der Waals surface area contributed by atoms with Gasteiger partial charge in [-0.1, -0.05) is 41.9 Å². The van der Waals surface area contributed by atoms with Gasteiger partial charge in [-0.05, 0) is 29.8 Å². The SMILES string of the molecule is COc1ccc(Cl)cc1/C=C1/N=C(Cc2ccccc2)OC1=O. The van der Waals surface area contributed by atoms with Crippen molar-refractivity contribution in [2.24, 2.45) is 4.99 Å². The number of aliphatic imine (C=N–C) groups is 1. The first kappa shape index (κ1) is 15.3. The summed E-state index contributed by atoms with van der Waals surface area (Å²) in [6, 6.07) is 14.9. The zero-order valence-electron chi connectivity index (χ0n) is 12.5. The Bertz CT molecular complexity index is 797. The molecule has 116 valence electrons. The van der Waals surface area contributed by atoms with Gasteiger partial charge in [0.15, 0.2) is 5.70 Å². The largest absolute Gasteiger partial charge is 0.496 e. The fourth-order valence-electron chi connectivity index (χ4n) is 2.26. The molecule has 0 spiro atoms. The molecule has 0 amide bonds. The minimum Gasteiger partial charge on any atom is -0.496 e. The van der Waals surface area contributed by atoms with Crippen LogP contribution in [0.15, 0.2) is 59.2 Å². The van der Waals surface area contributed by atoms with Gasteiger partial charge < -0.3 is 9.47 Å². The molecule has 4 nitrogen and oxygen atoms in total. The van der Waals surface area contributed by atoms with Crippen molar-refractivity contribution in [3.05, 3.63) is 70.4 Å². The normalized spacial score (nSPS) is 15.5. The minimum absolute atomic E-state index is 0.233. The van der Waals surface area contributed by atoms with Crippen molar-refractivity contribution in [1.29, 1.82) is 0 Å². The van der Waals surface area contributed by atoms with E-state index in [-0.39, 0.29) is 5.70 Å². The number of nitrogens with zero attached hydrogens (tertiary/aromatic N) is 1. The van der Waals surface area contributed by atoms with Crippen LogP contribution in [0.4, 0.5) is 0 Å². The van der Waals surface area contributed by atoms with E-state index in [0.717, 1.165) is 5.56 Å². The highest BCUT2D eigenvalue weighted by Gasteiger charge is 2.23. The molecule has 5 heteroatoms. The number of esters is 1. The summed E-state index contributed by atoms with van der Waals surface area (Å²) in [6.07, 6.45) is 2.08. The molecule has 0 atom stereocenters. The molecule has 0 N–H and O–H groups in total. The summed E-state index contributed by atoms with van der Waals surface area (Å²) in [4.78, 5) is 16.3. The van der Waals surface area contributed by atoms with Gasteiger partial charge in [0.25, 0.3) is 0 Å². The van der Waals surface area contributed by atoms with E-state index in [1.165, 1.54) is 0 Å². The molecule has 0 unspecified atom stereocenters. The van der Waals surface area contributed by atoms with E-state index < -0.39 is 5.97 Å². The van der Waals surface area contributed by atoms with Crippen molar-refractivity contribution in [3.63, 3.8) is 0 Å². The number of ether oxygens (including phenoxy) is 2. The van der Waals surface area contributed by atoms with Crippen LogP contribution in [0.25, 0.3) is 6.08 Å². The fraction of sp³-hybridized carbons (Fsp3) is 0.111. The van der Waals surface area contributed by atoms with Gasteiger partial charge in [-0.15, -0.1) is 0 Å². The highest BCUT2D eigenvalue weighted by Crippen LogP contribution is 2.26. The van der Waals surface area contributed by atoms with Crippen molar-refractivity contribution in [2.75, 3.05) is 7.11 Å². The van der Waals surface area contributed by atoms with E-state index in [1.807, 2.05) is 30.3 Å². The van der Waals surface area contributed by atoms with Gasteiger partial charge in [-0.25, -0.2) is 9.79 Å². The quantitative estimate of drug-likeness (QED) is 0.632. The molecular weight excluding hydrogens is 314 g/mol. The van der Waals surface area contributed by atoms with Crippen LogP contribution in [0, 0.1) is 0 Å². The zero-order chi connectivity index (χ0) is 16.2. The van der Waals surface area contributed by atoms with Crippen molar-refractivity contribution in [3.8, 4) is 5.75 Å². The Morgan fingerprint density at radius 2 is 2.00 bits per heavy atom.